The fourth-order valence-corrected chi connectivity index (χ4v) is 1.56. The molecule has 0 aromatic heterocycles. The van der Waals surface area contributed by atoms with Gasteiger partial charge in [-0.1, -0.05) is 13.8 Å². The van der Waals surface area contributed by atoms with Gasteiger partial charge in [-0.15, -0.1) is 0 Å². The van der Waals surface area contributed by atoms with E-state index in [9.17, 15) is 5.11 Å². The van der Waals surface area contributed by atoms with Gasteiger partial charge in [0.05, 0.1) is 0 Å². The molecule has 0 amide bonds. The Kier molecular flexibility index (Phi) is 7.14. The van der Waals surface area contributed by atoms with Crippen LogP contribution >= 0.6 is 0 Å². The van der Waals surface area contributed by atoms with Gasteiger partial charge in [0, 0.05) is 37.8 Å². The van der Waals surface area contributed by atoms with E-state index in [1.54, 1.807) is 0 Å². The van der Waals surface area contributed by atoms with Crippen molar-refractivity contribution in [1.82, 2.24) is 4.90 Å². The molecule has 0 saturated heterocycles. The quantitative estimate of drug-likeness (QED) is 0.647. The standard InChI is InChI=1S/C12H27NO2/c1-5-12(4,10-15)9-13(11(2)3)7-6-8-14/h11,14-15H,5-10H2,1-4H3. The molecule has 0 spiro atoms. The van der Waals surface area contributed by atoms with Crippen LogP contribution in [0.15, 0.2) is 0 Å². The van der Waals surface area contributed by atoms with Crippen molar-refractivity contribution in [1.29, 1.82) is 0 Å². The maximum atomic E-state index is 9.37. The molecule has 92 valence electrons. The summed E-state index contributed by atoms with van der Waals surface area (Å²) in [7, 11) is 0. The van der Waals surface area contributed by atoms with E-state index in [0.29, 0.717) is 6.04 Å². The summed E-state index contributed by atoms with van der Waals surface area (Å²) in [5, 5.41) is 18.2. The molecule has 0 saturated carbocycles. The number of hydrogen-bond donors (Lipinski definition) is 2. The molecule has 3 heteroatoms. The van der Waals surface area contributed by atoms with E-state index in [0.717, 1.165) is 25.9 Å². The van der Waals surface area contributed by atoms with Crippen molar-refractivity contribution >= 4 is 0 Å². The third-order valence-corrected chi connectivity index (χ3v) is 3.15. The highest BCUT2D eigenvalue weighted by Gasteiger charge is 2.25. The fourth-order valence-electron chi connectivity index (χ4n) is 1.56. The minimum absolute atomic E-state index is 0.0142. The van der Waals surface area contributed by atoms with Gasteiger partial charge in [-0.3, -0.25) is 0 Å². The molecular formula is C12H27NO2. The second kappa shape index (κ2) is 7.20. The Balaban J connectivity index is 4.25. The number of rotatable bonds is 8. The molecule has 0 heterocycles. The smallest absolute Gasteiger partial charge is 0.0496 e. The molecule has 0 bridgehead atoms. The summed E-state index contributed by atoms with van der Waals surface area (Å²) >= 11 is 0. The van der Waals surface area contributed by atoms with Crippen molar-refractivity contribution in [2.24, 2.45) is 5.41 Å². The topological polar surface area (TPSA) is 43.7 Å². The van der Waals surface area contributed by atoms with Gasteiger partial charge < -0.3 is 15.1 Å². The first-order valence-electron chi connectivity index (χ1n) is 5.95. The zero-order chi connectivity index (χ0) is 11.9. The molecule has 0 radical (unpaired) electrons. The molecule has 15 heavy (non-hydrogen) atoms. The average molecular weight is 217 g/mol. The van der Waals surface area contributed by atoms with Gasteiger partial charge in [-0.25, -0.2) is 0 Å². The maximum Gasteiger partial charge on any atom is 0.0496 e. The van der Waals surface area contributed by atoms with Crippen molar-refractivity contribution in [2.45, 2.75) is 46.6 Å². The van der Waals surface area contributed by atoms with Crippen molar-refractivity contribution in [2.75, 3.05) is 26.3 Å². The van der Waals surface area contributed by atoms with Gasteiger partial charge in [0.2, 0.25) is 0 Å². The van der Waals surface area contributed by atoms with E-state index in [1.807, 2.05) is 0 Å². The third-order valence-electron chi connectivity index (χ3n) is 3.15. The van der Waals surface area contributed by atoms with Gasteiger partial charge in [0.15, 0.2) is 0 Å². The summed E-state index contributed by atoms with van der Waals surface area (Å²) in [4.78, 5) is 2.33. The van der Waals surface area contributed by atoms with Crippen molar-refractivity contribution < 1.29 is 10.2 Å². The van der Waals surface area contributed by atoms with Crippen LogP contribution in [0.1, 0.15) is 40.5 Å². The lowest BCUT2D eigenvalue weighted by Crippen LogP contribution is -2.42. The van der Waals surface area contributed by atoms with Crippen LogP contribution in [-0.4, -0.2) is 47.5 Å². The molecule has 1 atom stereocenters. The molecule has 0 fully saturated rings. The molecule has 0 aromatic rings. The molecule has 0 rings (SSSR count). The summed E-state index contributed by atoms with van der Waals surface area (Å²) in [6.45, 7) is 10.8. The van der Waals surface area contributed by atoms with E-state index in [2.05, 4.69) is 32.6 Å². The fraction of sp³-hybridized carbons (Fsp3) is 1.00. The number of hydrogen-bond acceptors (Lipinski definition) is 3. The minimum atomic E-state index is -0.0142. The van der Waals surface area contributed by atoms with Gasteiger partial charge >= 0.3 is 0 Å². The van der Waals surface area contributed by atoms with Gasteiger partial charge in [0.1, 0.15) is 0 Å². The summed E-state index contributed by atoms with van der Waals surface area (Å²) in [6.07, 6.45) is 1.79. The highest BCUT2D eigenvalue weighted by atomic mass is 16.3. The second-order valence-corrected chi connectivity index (χ2v) is 4.96. The van der Waals surface area contributed by atoms with Crippen LogP contribution in [0, 0.1) is 5.41 Å². The van der Waals surface area contributed by atoms with Crippen LogP contribution in [0.2, 0.25) is 0 Å². The van der Waals surface area contributed by atoms with Crippen LogP contribution in [-0.2, 0) is 0 Å². The van der Waals surface area contributed by atoms with E-state index in [1.165, 1.54) is 0 Å². The Bertz CT molecular complexity index is 156. The van der Waals surface area contributed by atoms with E-state index < -0.39 is 0 Å². The van der Waals surface area contributed by atoms with E-state index >= 15 is 0 Å². The second-order valence-electron chi connectivity index (χ2n) is 4.96. The summed E-state index contributed by atoms with van der Waals surface area (Å²) < 4.78 is 0. The monoisotopic (exact) mass is 217 g/mol. The first kappa shape index (κ1) is 14.9. The van der Waals surface area contributed by atoms with Crippen molar-refractivity contribution in [3.63, 3.8) is 0 Å². The largest absolute Gasteiger partial charge is 0.396 e. The van der Waals surface area contributed by atoms with Gasteiger partial charge in [0.25, 0.3) is 0 Å². The first-order valence-corrected chi connectivity index (χ1v) is 5.95. The number of nitrogens with zero attached hydrogens (tertiary/aromatic N) is 1. The lowest BCUT2D eigenvalue weighted by molar-refractivity contribution is 0.0667. The predicted octanol–water partition coefficient (Wildman–Crippen LogP) is 1.49. The Morgan fingerprint density at radius 2 is 1.87 bits per heavy atom. The van der Waals surface area contributed by atoms with Crippen molar-refractivity contribution in [3.8, 4) is 0 Å². The molecular weight excluding hydrogens is 190 g/mol. The Morgan fingerprint density at radius 3 is 2.20 bits per heavy atom. The van der Waals surface area contributed by atoms with Gasteiger partial charge in [-0.2, -0.15) is 0 Å². The highest BCUT2D eigenvalue weighted by Crippen LogP contribution is 2.22. The molecule has 0 aliphatic rings. The maximum absolute atomic E-state index is 9.37. The van der Waals surface area contributed by atoms with Gasteiger partial charge in [-0.05, 0) is 26.7 Å². The third kappa shape index (κ3) is 5.50. The lowest BCUT2D eigenvalue weighted by atomic mass is 9.87. The molecule has 0 aromatic carbocycles. The zero-order valence-electron chi connectivity index (χ0n) is 10.7. The molecule has 1 unspecified atom stereocenters. The Hall–Kier alpha value is -0.120. The Labute approximate surface area is 94.1 Å². The van der Waals surface area contributed by atoms with Crippen LogP contribution in [0.4, 0.5) is 0 Å². The normalized spacial score (nSPS) is 16.0. The number of aliphatic hydroxyl groups excluding tert-OH is 2. The van der Waals surface area contributed by atoms with Crippen LogP contribution in [0.3, 0.4) is 0 Å². The SMILES string of the molecule is CCC(C)(CO)CN(CCCO)C(C)C. The van der Waals surface area contributed by atoms with E-state index in [4.69, 9.17) is 5.11 Å². The Morgan fingerprint density at radius 1 is 1.27 bits per heavy atom. The van der Waals surface area contributed by atoms with Crippen LogP contribution < -0.4 is 0 Å². The minimum Gasteiger partial charge on any atom is -0.396 e. The molecule has 0 aliphatic carbocycles. The van der Waals surface area contributed by atoms with Crippen LogP contribution in [0.5, 0.6) is 0 Å². The summed E-state index contributed by atoms with van der Waals surface area (Å²) in [6, 6.07) is 0.467. The van der Waals surface area contributed by atoms with E-state index in [-0.39, 0.29) is 18.6 Å². The molecule has 0 aliphatic heterocycles. The summed E-state index contributed by atoms with van der Waals surface area (Å²) in [5.41, 5.74) is -0.0142. The summed E-state index contributed by atoms with van der Waals surface area (Å²) in [5.74, 6) is 0. The average Bonchev–Trinajstić information content (AvgIpc) is 2.23. The van der Waals surface area contributed by atoms with Crippen molar-refractivity contribution in [3.05, 3.63) is 0 Å². The van der Waals surface area contributed by atoms with Crippen LogP contribution in [0.25, 0.3) is 0 Å². The zero-order valence-corrected chi connectivity index (χ0v) is 10.7. The first-order chi connectivity index (χ1) is 6.99. The highest BCUT2D eigenvalue weighted by molar-refractivity contribution is 4.78. The predicted molar refractivity (Wildman–Crippen MR) is 63.9 cm³/mol. The molecule has 2 N–H and O–H groups in total. The molecule has 3 nitrogen and oxygen atoms in total. The number of aliphatic hydroxyl groups is 2. The lowest BCUT2D eigenvalue weighted by Gasteiger charge is -2.35.